The fraction of sp³-hybridized carbons (Fsp3) is 0.379. The third-order valence-corrected chi connectivity index (χ3v) is 7.62. The summed E-state index contributed by atoms with van der Waals surface area (Å²) < 4.78 is 44.7. The molecule has 0 bridgehead atoms. The van der Waals surface area contributed by atoms with Crippen LogP contribution in [0.2, 0.25) is 0 Å². The van der Waals surface area contributed by atoms with Crippen LogP contribution >= 0.6 is 0 Å². The fourth-order valence-corrected chi connectivity index (χ4v) is 4.95. The van der Waals surface area contributed by atoms with E-state index in [4.69, 9.17) is 0 Å². The number of rotatable bonds is 8. The van der Waals surface area contributed by atoms with Crippen LogP contribution in [-0.2, 0) is 13.2 Å². The molecule has 1 fully saturated rings. The number of halogens is 3. The first-order valence-electron chi connectivity index (χ1n) is 13.5. The molecular formula is C29H33F3N8O. The fourth-order valence-electron chi connectivity index (χ4n) is 4.95. The molecule has 1 aliphatic heterocycles. The van der Waals surface area contributed by atoms with Gasteiger partial charge in [-0.3, -0.25) is 9.48 Å². The SMILES string of the molecule is Cc1ccc(C(=O)Nc2cc(N(C)CCN3CCCC3)cc(C(F)(F)F)c2)cc1-n1cc(-c2cnn(C)c2C)nn1. The summed E-state index contributed by atoms with van der Waals surface area (Å²) in [4.78, 5) is 17.4. The van der Waals surface area contributed by atoms with Crippen LogP contribution in [0.1, 0.15) is 40.0 Å². The number of aryl methyl sites for hydroxylation is 2. The predicted molar refractivity (Wildman–Crippen MR) is 151 cm³/mol. The number of likely N-dealkylation sites (N-methyl/N-ethyl adjacent to an activating group) is 1. The van der Waals surface area contributed by atoms with Gasteiger partial charge in [0.25, 0.3) is 5.91 Å². The Bertz CT molecular complexity index is 1550. The molecular weight excluding hydrogens is 533 g/mol. The Morgan fingerprint density at radius 3 is 2.54 bits per heavy atom. The molecule has 2 aromatic heterocycles. The molecule has 1 N–H and O–H groups in total. The van der Waals surface area contributed by atoms with Crippen LogP contribution in [-0.4, -0.2) is 68.8 Å². The minimum atomic E-state index is -4.56. The third kappa shape index (κ3) is 6.27. The van der Waals surface area contributed by atoms with Crippen LogP contribution in [0.4, 0.5) is 24.5 Å². The molecule has 1 amide bonds. The lowest BCUT2D eigenvalue weighted by molar-refractivity contribution is -0.137. The smallest absolute Gasteiger partial charge is 0.373 e. The number of nitrogens with one attached hydrogen (secondary N) is 1. The zero-order valence-electron chi connectivity index (χ0n) is 23.5. The maximum absolute atomic E-state index is 13.8. The molecule has 0 spiro atoms. The van der Waals surface area contributed by atoms with Crippen molar-refractivity contribution in [3.8, 4) is 16.9 Å². The zero-order chi connectivity index (χ0) is 29.3. The average molecular weight is 567 g/mol. The summed E-state index contributed by atoms with van der Waals surface area (Å²) in [6.07, 6.45) is 1.21. The second-order valence-corrected chi connectivity index (χ2v) is 10.5. The van der Waals surface area contributed by atoms with Gasteiger partial charge < -0.3 is 15.1 Å². The monoisotopic (exact) mass is 566 g/mol. The minimum absolute atomic E-state index is 0.0741. The van der Waals surface area contributed by atoms with Crippen LogP contribution in [0.15, 0.2) is 48.8 Å². The van der Waals surface area contributed by atoms with Crippen LogP contribution in [0, 0.1) is 13.8 Å². The van der Waals surface area contributed by atoms with Crippen molar-refractivity contribution in [3.05, 3.63) is 71.2 Å². The molecule has 0 unspecified atom stereocenters. The number of benzene rings is 2. The van der Waals surface area contributed by atoms with Crippen molar-refractivity contribution in [1.82, 2.24) is 29.7 Å². The van der Waals surface area contributed by atoms with E-state index in [1.54, 1.807) is 58.0 Å². The lowest BCUT2D eigenvalue weighted by atomic mass is 10.1. The highest BCUT2D eigenvalue weighted by molar-refractivity contribution is 6.05. The van der Waals surface area contributed by atoms with Crippen molar-refractivity contribution < 1.29 is 18.0 Å². The Hall–Kier alpha value is -4.19. The first-order chi connectivity index (χ1) is 19.5. The number of hydrogen-bond donors (Lipinski definition) is 1. The number of carbonyl (C=O) groups is 1. The summed E-state index contributed by atoms with van der Waals surface area (Å²) in [7, 11) is 3.61. The topological polar surface area (TPSA) is 84.1 Å². The number of anilines is 2. The summed E-state index contributed by atoms with van der Waals surface area (Å²) in [5.74, 6) is -0.528. The second-order valence-electron chi connectivity index (χ2n) is 10.5. The Labute approximate surface area is 236 Å². The molecule has 0 radical (unpaired) electrons. The zero-order valence-corrected chi connectivity index (χ0v) is 23.5. The van der Waals surface area contributed by atoms with Gasteiger partial charge in [0, 0.05) is 55.4 Å². The van der Waals surface area contributed by atoms with E-state index >= 15 is 0 Å². The van der Waals surface area contributed by atoms with Gasteiger partial charge in [-0.2, -0.15) is 18.3 Å². The number of amides is 1. The maximum Gasteiger partial charge on any atom is 0.416 e. The summed E-state index contributed by atoms with van der Waals surface area (Å²) in [5.41, 5.74) is 3.82. The quantitative estimate of drug-likeness (QED) is 0.320. The molecule has 12 heteroatoms. The van der Waals surface area contributed by atoms with E-state index in [1.165, 1.54) is 0 Å². The molecule has 5 rings (SSSR count). The average Bonchev–Trinajstić information content (AvgIpc) is 3.69. The van der Waals surface area contributed by atoms with Crippen molar-refractivity contribution >= 4 is 17.3 Å². The van der Waals surface area contributed by atoms with Crippen molar-refractivity contribution in [2.45, 2.75) is 32.9 Å². The van der Waals surface area contributed by atoms with Crippen LogP contribution < -0.4 is 10.2 Å². The van der Waals surface area contributed by atoms with E-state index < -0.39 is 17.6 Å². The summed E-state index contributed by atoms with van der Waals surface area (Å²) in [5, 5.41) is 15.4. The first-order valence-corrected chi connectivity index (χ1v) is 13.5. The second kappa shape index (κ2) is 11.4. The van der Waals surface area contributed by atoms with E-state index in [2.05, 4.69) is 25.6 Å². The lowest BCUT2D eigenvalue weighted by Gasteiger charge is -2.24. The number of alkyl halides is 3. The van der Waals surface area contributed by atoms with Gasteiger partial charge in [-0.25, -0.2) is 4.68 Å². The van der Waals surface area contributed by atoms with Crippen molar-refractivity contribution in [2.24, 2.45) is 7.05 Å². The highest BCUT2D eigenvalue weighted by Gasteiger charge is 2.32. The molecule has 1 aliphatic rings. The van der Waals surface area contributed by atoms with Crippen molar-refractivity contribution in [2.75, 3.05) is 43.4 Å². The third-order valence-electron chi connectivity index (χ3n) is 7.62. The molecule has 4 aromatic rings. The lowest BCUT2D eigenvalue weighted by Crippen LogP contribution is -2.31. The van der Waals surface area contributed by atoms with Gasteiger partial charge in [-0.1, -0.05) is 11.3 Å². The van der Waals surface area contributed by atoms with E-state index in [-0.39, 0.29) is 11.3 Å². The molecule has 0 aliphatic carbocycles. The molecule has 0 saturated carbocycles. The first kappa shape index (κ1) is 28.3. The van der Waals surface area contributed by atoms with Gasteiger partial charge >= 0.3 is 6.18 Å². The van der Waals surface area contributed by atoms with Crippen molar-refractivity contribution in [3.63, 3.8) is 0 Å². The number of aromatic nitrogens is 5. The summed E-state index contributed by atoms with van der Waals surface area (Å²) in [6.45, 7) is 7.18. The normalized spacial score (nSPS) is 14.0. The van der Waals surface area contributed by atoms with Gasteiger partial charge in [0.15, 0.2) is 0 Å². The van der Waals surface area contributed by atoms with Gasteiger partial charge in [-0.15, -0.1) is 5.10 Å². The molecule has 3 heterocycles. The molecule has 2 aromatic carbocycles. The van der Waals surface area contributed by atoms with E-state index in [9.17, 15) is 18.0 Å². The van der Waals surface area contributed by atoms with Gasteiger partial charge in [0.05, 0.1) is 23.6 Å². The highest BCUT2D eigenvalue weighted by Crippen LogP contribution is 2.34. The van der Waals surface area contributed by atoms with E-state index in [0.29, 0.717) is 23.6 Å². The van der Waals surface area contributed by atoms with Crippen LogP contribution in [0.5, 0.6) is 0 Å². The van der Waals surface area contributed by atoms with Crippen molar-refractivity contribution in [1.29, 1.82) is 0 Å². The van der Waals surface area contributed by atoms with Gasteiger partial charge in [-0.05, 0) is 75.7 Å². The number of carbonyl (C=O) groups excluding carboxylic acids is 1. The maximum atomic E-state index is 13.8. The predicted octanol–water partition coefficient (Wildman–Crippen LogP) is 5.09. The summed E-state index contributed by atoms with van der Waals surface area (Å²) in [6, 6.07) is 8.71. The largest absolute Gasteiger partial charge is 0.416 e. The number of hydrogen-bond acceptors (Lipinski definition) is 6. The number of likely N-dealkylation sites (tertiary alicyclic amines) is 1. The van der Waals surface area contributed by atoms with Gasteiger partial charge in [0.1, 0.15) is 5.69 Å². The molecule has 9 nitrogen and oxygen atoms in total. The molecule has 0 atom stereocenters. The molecule has 216 valence electrons. The van der Waals surface area contributed by atoms with Crippen LogP contribution in [0.25, 0.3) is 16.9 Å². The molecule has 41 heavy (non-hydrogen) atoms. The Morgan fingerprint density at radius 2 is 1.85 bits per heavy atom. The van der Waals surface area contributed by atoms with Crippen LogP contribution in [0.3, 0.4) is 0 Å². The minimum Gasteiger partial charge on any atom is -0.373 e. The highest BCUT2D eigenvalue weighted by atomic mass is 19.4. The number of nitrogens with zero attached hydrogens (tertiary/aromatic N) is 7. The Morgan fingerprint density at radius 1 is 1.10 bits per heavy atom. The van der Waals surface area contributed by atoms with E-state index in [0.717, 1.165) is 61.4 Å². The summed E-state index contributed by atoms with van der Waals surface area (Å²) >= 11 is 0. The Balaban J connectivity index is 1.38. The van der Waals surface area contributed by atoms with E-state index in [1.807, 2.05) is 20.9 Å². The molecule has 1 saturated heterocycles. The standard InChI is InChI=1S/C29H33F3N8O/c1-19-7-8-21(13-27(19)40-18-26(35-36-40)25-17-33-38(4)20(25)2)28(41)34-23-14-22(29(30,31)32)15-24(16-23)37(3)11-12-39-9-5-6-10-39/h7-8,13-18H,5-6,9-12H2,1-4H3,(H,34,41). The Kier molecular flexibility index (Phi) is 7.85. The van der Waals surface area contributed by atoms with Gasteiger partial charge in [0.2, 0.25) is 0 Å².